The van der Waals surface area contributed by atoms with Crippen molar-refractivity contribution in [1.82, 2.24) is 5.43 Å². The van der Waals surface area contributed by atoms with Gasteiger partial charge in [0.1, 0.15) is 0 Å². The summed E-state index contributed by atoms with van der Waals surface area (Å²) < 4.78 is 36.7. The third-order valence-corrected chi connectivity index (χ3v) is 3.71. The summed E-state index contributed by atoms with van der Waals surface area (Å²) in [6, 6.07) is 11.2. The second kappa shape index (κ2) is 8.95. The number of nitro benzene ring substituents is 1. The van der Waals surface area contributed by atoms with Gasteiger partial charge in [-0.05, 0) is 24.6 Å². The van der Waals surface area contributed by atoms with E-state index in [0.29, 0.717) is 11.3 Å². The number of nitrogens with one attached hydrogen (secondary N) is 2. The van der Waals surface area contributed by atoms with Gasteiger partial charge in [0.15, 0.2) is 0 Å². The van der Waals surface area contributed by atoms with Gasteiger partial charge in [-0.3, -0.25) is 19.7 Å². The third kappa shape index (κ3) is 6.13. The molecule has 0 fully saturated rings. The maximum Gasteiger partial charge on any atom is 0.471 e. The normalized spacial score (nSPS) is 11.7. The van der Waals surface area contributed by atoms with E-state index in [1.807, 2.05) is 0 Å². The topological polar surface area (TPSA) is 114 Å². The van der Waals surface area contributed by atoms with Crippen molar-refractivity contribution in [3.8, 4) is 0 Å². The average molecular weight is 408 g/mol. The Kier molecular flexibility index (Phi) is 6.65. The molecule has 0 aliphatic carbocycles. The number of hydrogen-bond acceptors (Lipinski definition) is 5. The highest BCUT2D eigenvalue weighted by Crippen LogP contribution is 2.19. The van der Waals surface area contributed by atoms with E-state index in [1.54, 1.807) is 18.3 Å². The first-order chi connectivity index (χ1) is 13.6. The van der Waals surface area contributed by atoms with Crippen LogP contribution in [0, 0.1) is 10.1 Å². The number of para-hydroxylation sites is 1. The fraction of sp³-hybridized carbons (Fsp3) is 0.167. The standard InChI is InChI=1S/C18H15F3N4O4/c1-11(12-6-8-14(9-7-12)22-17(27)18(19,20)21)23-24-16(26)10-13-4-2-3-5-15(13)25(28)29/h2-9H,10H2,1H3,(H,22,27)(H,24,26)/b23-11+. The molecule has 11 heteroatoms. The number of carbonyl (C=O) groups excluding carboxylic acids is 2. The third-order valence-electron chi connectivity index (χ3n) is 3.71. The van der Waals surface area contributed by atoms with E-state index < -0.39 is 22.9 Å². The van der Waals surface area contributed by atoms with Crippen LogP contribution in [0.5, 0.6) is 0 Å². The second-order valence-corrected chi connectivity index (χ2v) is 5.82. The fourth-order valence-corrected chi connectivity index (χ4v) is 2.26. The molecule has 0 unspecified atom stereocenters. The van der Waals surface area contributed by atoms with Gasteiger partial charge < -0.3 is 5.32 Å². The van der Waals surface area contributed by atoms with E-state index in [9.17, 15) is 32.9 Å². The van der Waals surface area contributed by atoms with Crippen LogP contribution in [0.2, 0.25) is 0 Å². The van der Waals surface area contributed by atoms with E-state index in [4.69, 9.17) is 0 Å². The van der Waals surface area contributed by atoms with Crippen molar-refractivity contribution in [3.63, 3.8) is 0 Å². The smallest absolute Gasteiger partial charge is 0.318 e. The number of nitro groups is 1. The van der Waals surface area contributed by atoms with Crippen LogP contribution in [0.3, 0.4) is 0 Å². The molecule has 0 spiro atoms. The Balaban J connectivity index is 2.00. The zero-order chi connectivity index (χ0) is 21.6. The fourth-order valence-electron chi connectivity index (χ4n) is 2.26. The van der Waals surface area contributed by atoms with Crippen molar-refractivity contribution >= 4 is 28.9 Å². The molecular weight excluding hydrogens is 393 g/mol. The van der Waals surface area contributed by atoms with Gasteiger partial charge in [-0.15, -0.1) is 0 Å². The van der Waals surface area contributed by atoms with Gasteiger partial charge in [-0.25, -0.2) is 5.43 Å². The van der Waals surface area contributed by atoms with Gasteiger partial charge in [0.25, 0.3) is 5.69 Å². The first-order valence-electron chi connectivity index (χ1n) is 8.12. The lowest BCUT2D eigenvalue weighted by Crippen LogP contribution is -2.29. The van der Waals surface area contributed by atoms with E-state index in [1.165, 1.54) is 42.5 Å². The molecular formula is C18H15F3N4O4. The summed E-state index contributed by atoms with van der Waals surface area (Å²) in [6.45, 7) is 1.55. The molecule has 0 aliphatic rings. The Hall–Kier alpha value is -3.76. The van der Waals surface area contributed by atoms with Crippen LogP contribution in [0.15, 0.2) is 53.6 Å². The summed E-state index contributed by atoms with van der Waals surface area (Å²) >= 11 is 0. The molecule has 0 atom stereocenters. The largest absolute Gasteiger partial charge is 0.471 e. The summed E-state index contributed by atoms with van der Waals surface area (Å²) in [6.07, 6.45) is -5.25. The lowest BCUT2D eigenvalue weighted by atomic mass is 10.1. The molecule has 0 aliphatic heterocycles. The second-order valence-electron chi connectivity index (χ2n) is 5.82. The van der Waals surface area contributed by atoms with E-state index in [2.05, 4.69) is 10.5 Å². The van der Waals surface area contributed by atoms with Gasteiger partial charge in [0, 0.05) is 17.3 Å². The average Bonchev–Trinajstić information content (AvgIpc) is 2.66. The SMILES string of the molecule is C/C(=N\NC(=O)Cc1ccccc1[N+](=O)[O-])c1ccc(NC(=O)C(F)(F)F)cc1. The quantitative estimate of drug-likeness (QED) is 0.434. The molecule has 0 aromatic heterocycles. The van der Waals surface area contributed by atoms with Crippen LogP contribution in [-0.4, -0.2) is 28.6 Å². The summed E-state index contributed by atoms with van der Waals surface area (Å²) in [7, 11) is 0. The zero-order valence-corrected chi connectivity index (χ0v) is 15.0. The molecule has 29 heavy (non-hydrogen) atoms. The van der Waals surface area contributed by atoms with Gasteiger partial charge in [-0.2, -0.15) is 18.3 Å². The van der Waals surface area contributed by atoms with Crippen molar-refractivity contribution in [2.75, 3.05) is 5.32 Å². The van der Waals surface area contributed by atoms with Crippen LogP contribution in [0.25, 0.3) is 0 Å². The van der Waals surface area contributed by atoms with Gasteiger partial charge in [0.05, 0.1) is 17.1 Å². The Morgan fingerprint density at radius 3 is 2.31 bits per heavy atom. The lowest BCUT2D eigenvalue weighted by molar-refractivity contribution is -0.385. The highest BCUT2D eigenvalue weighted by Gasteiger charge is 2.38. The van der Waals surface area contributed by atoms with Gasteiger partial charge in [-0.1, -0.05) is 30.3 Å². The van der Waals surface area contributed by atoms with Crippen LogP contribution >= 0.6 is 0 Å². The number of hydrogen-bond donors (Lipinski definition) is 2. The van der Waals surface area contributed by atoms with Gasteiger partial charge in [0.2, 0.25) is 5.91 Å². The van der Waals surface area contributed by atoms with Crippen molar-refractivity contribution in [3.05, 3.63) is 69.8 Å². The van der Waals surface area contributed by atoms with Gasteiger partial charge >= 0.3 is 12.1 Å². The molecule has 2 rings (SSSR count). The first kappa shape index (κ1) is 21.5. The van der Waals surface area contributed by atoms with Crippen LogP contribution in [-0.2, 0) is 16.0 Å². The first-order valence-corrected chi connectivity index (χ1v) is 8.12. The van der Waals surface area contributed by atoms with E-state index in [-0.39, 0.29) is 23.4 Å². The number of hydrazone groups is 1. The number of alkyl halides is 3. The molecule has 0 saturated heterocycles. The van der Waals surface area contributed by atoms with Crippen LogP contribution < -0.4 is 10.7 Å². The molecule has 0 bridgehead atoms. The highest BCUT2D eigenvalue weighted by molar-refractivity contribution is 6.00. The van der Waals surface area contributed by atoms with E-state index >= 15 is 0 Å². The number of halogens is 3. The predicted molar refractivity (Wildman–Crippen MR) is 98.3 cm³/mol. The van der Waals surface area contributed by atoms with Crippen molar-refractivity contribution in [1.29, 1.82) is 0 Å². The van der Waals surface area contributed by atoms with Crippen LogP contribution in [0.4, 0.5) is 24.5 Å². The molecule has 2 N–H and O–H groups in total. The Morgan fingerprint density at radius 2 is 1.72 bits per heavy atom. The summed E-state index contributed by atoms with van der Waals surface area (Å²) in [5.74, 6) is -2.66. The number of nitrogens with zero attached hydrogens (tertiary/aromatic N) is 2. The molecule has 0 radical (unpaired) electrons. The van der Waals surface area contributed by atoms with Crippen LogP contribution in [0.1, 0.15) is 18.1 Å². The molecule has 2 amide bonds. The van der Waals surface area contributed by atoms with E-state index in [0.717, 1.165) is 0 Å². The molecule has 0 heterocycles. The number of carbonyl (C=O) groups is 2. The Bertz CT molecular complexity index is 956. The summed E-state index contributed by atoms with van der Waals surface area (Å²) in [4.78, 5) is 33.3. The van der Waals surface area contributed by atoms with Crippen molar-refractivity contribution in [2.45, 2.75) is 19.5 Å². The van der Waals surface area contributed by atoms with Crippen molar-refractivity contribution < 1.29 is 27.7 Å². The molecule has 8 nitrogen and oxygen atoms in total. The Morgan fingerprint density at radius 1 is 1.10 bits per heavy atom. The summed E-state index contributed by atoms with van der Waals surface area (Å²) in [5.41, 5.74) is 3.10. The maximum absolute atomic E-state index is 12.2. The number of rotatable bonds is 6. The Labute approximate surface area is 162 Å². The number of amides is 2. The lowest BCUT2D eigenvalue weighted by Gasteiger charge is -2.08. The minimum atomic E-state index is -4.99. The molecule has 0 saturated carbocycles. The minimum Gasteiger partial charge on any atom is -0.318 e. The zero-order valence-electron chi connectivity index (χ0n) is 15.0. The monoisotopic (exact) mass is 408 g/mol. The number of benzene rings is 2. The molecule has 2 aromatic carbocycles. The van der Waals surface area contributed by atoms with Crippen molar-refractivity contribution in [2.24, 2.45) is 5.10 Å². The maximum atomic E-state index is 12.2. The predicted octanol–water partition coefficient (Wildman–Crippen LogP) is 3.18. The molecule has 2 aromatic rings. The summed E-state index contributed by atoms with van der Waals surface area (Å²) in [5, 5.41) is 16.5. The minimum absolute atomic E-state index is 0.0516. The number of anilines is 1. The molecule has 152 valence electrons. The highest BCUT2D eigenvalue weighted by atomic mass is 19.4.